The molecule has 0 aliphatic heterocycles. The highest BCUT2D eigenvalue weighted by molar-refractivity contribution is 6.31. The third-order valence-electron chi connectivity index (χ3n) is 2.29. The Labute approximate surface area is 106 Å². The fourth-order valence-corrected chi connectivity index (χ4v) is 1.69. The molecule has 4 nitrogen and oxygen atoms in total. The topological polar surface area (TPSA) is 47.6 Å². The molecule has 0 heterocycles. The van der Waals surface area contributed by atoms with E-state index in [0.29, 0.717) is 23.6 Å². The molecule has 0 bridgehead atoms. The van der Waals surface area contributed by atoms with Crippen LogP contribution >= 0.6 is 11.6 Å². The second-order valence-corrected chi connectivity index (χ2v) is 3.80. The van der Waals surface area contributed by atoms with E-state index in [4.69, 9.17) is 21.1 Å². The molecule has 1 aromatic carbocycles. The van der Waals surface area contributed by atoms with Gasteiger partial charge in [0.15, 0.2) is 0 Å². The first-order valence-corrected chi connectivity index (χ1v) is 5.71. The van der Waals surface area contributed by atoms with E-state index in [-0.39, 0.29) is 5.91 Å². The zero-order valence-electron chi connectivity index (χ0n) is 10.1. The average molecular weight is 258 g/mol. The summed E-state index contributed by atoms with van der Waals surface area (Å²) in [6.45, 7) is 2.38. The van der Waals surface area contributed by atoms with Gasteiger partial charge in [0.25, 0.3) is 0 Å². The maximum absolute atomic E-state index is 11.6. The number of carbonyl (C=O) groups excluding carboxylic acids is 1. The van der Waals surface area contributed by atoms with Gasteiger partial charge in [0, 0.05) is 18.2 Å². The van der Waals surface area contributed by atoms with Gasteiger partial charge in [0.2, 0.25) is 5.91 Å². The van der Waals surface area contributed by atoms with E-state index in [9.17, 15) is 4.79 Å². The van der Waals surface area contributed by atoms with E-state index < -0.39 is 5.38 Å². The summed E-state index contributed by atoms with van der Waals surface area (Å²) >= 11 is 6.08. The maximum atomic E-state index is 11.6. The molecule has 0 saturated carbocycles. The number of carbonyl (C=O) groups is 1. The molecule has 1 rings (SSSR count). The molecule has 0 spiro atoms. The van der Waals surface area contributed by atoms with Crippen LogP contribution in [-0.2, 0) is 4.79 Å². The second-order valence-electron chi connectivity index (χ2n) is 3.37. The SMILES string of the molecule is CCNC(=O)C(Cl)c1ccc(OC)cc1OC. The molecule has 0 aliphatic carbocycles. The zero-order chi connectivity index (χ0) is 12.8. The van der Waals surface area contributed by atoms with E-state index in [1.54, 1.807) is 25.3 Å². The first-order chi connectivity index (χ1) is 8.13. The van der Waals surface area contributed by atoms with Crippen LogP contribution in [0.5, 0.6) is 11.5 Å². The highest BCUT2D eigenvalue weighted by Gasteiger charge is 2.21. The van der Waals surface area contributed by atoms with E-state index in [1.807, 2.05) is 6.92 Å². The lowest BCUT2D eigenvalue weighted by Crippen LogP contribution is -2.26. The van der Waals surface area contributed by atoms with Crippen molar-refractivity contribution >= 4 is 17.5 Å². The van der Waals surface area contributed by atoms with Crippen LogP contribution in [0.1, 0.15) is 17.9 Å². The molecule has 0 radical (unpaired) electrons. The van der Waals surface area contributed by atoms with Crippen LogP contribution in [0.3, 0.4) is 0 Å². The van der Waals surface area contributed by atoms with E-state index >= 15 is 0 Å². The summed E-state index contributed by atoms with van der Waals surface area (Å²) in [5.74, 6) is 0.957. The molecule has 17 heavy (non-hydrogen) atoms. The van der Waals surface area contributed by atoms with Crippen molar-refractivity contribution < 1.29 is 14.3 Å². The van der Waals surface area contributed by atoms with Crippen molar-refractivity contribution in [3.8, 4) is 11.5 Å². The Morgan fingerprint density at radius 1 is 1.41 bits per heavy atom. The highest BCUT2D eigenvalue weighted by atomic mass is 35.5. The Kier molecular flexibility index (Phi) is 5.10. The predicted octanol–water partition coefficient (Wildman–Crippen LogP) is 2.12. The second kappa shape index (κ2) is 6.35. The smallest absolute Gasteiger partial charge is 0.242 e. The normalized spacial score (nSPS) is 11.8. The summed E-state index contributed by atoms with van der Waals surface area (Å²) in [6.07, 6.45) is 0. The van der Waals surface area contributed by atoms with E-state index in [0.717, 1.165) is 0 Å². The third-order valence-corrected chi connectivity index (χ3v) is 2.73. The number of methoxy groups -OCH3 is 2. The first-order valence-electron chi connectivity index (χ1n) is 5.27. The van der Waals surface area contributed by atoms with Crippen LogP contribution in [0.4, 0.5) is 0 Å². The van der Waals surface area contributed by atoms with Gasteiger partial charge in [-0.05, 0) is 19.1 Å². The molecule has 0 saturated heterocycles. The minimum absolute atomic E-state index is 0.238. The number of ether oxygens (including phenoxy) is 2. The molecule has 1 aromatic rings. The van der Waals surface area contributed by atoms with Crippen molar-refractivity contribution in [3.63, 3.8) is 0 Å². The van der Waals surface area contributed by atoms with Crippen molar-refractivity contribution in [1.29, 1.82) is 0 Å². The number of halogens is 1. The van der Waals surface area contributed by atoms with Gasteiger partial charge in [-0.15, -0.1) is 11.6 Å². The predicted molar refractivity (Wildman–Crippen MR) is 66.8 cm³/mol. The molecule has 5 heteroatoms. The fourth-order valence-electron chi connectivity index (χ4n) is 1.43. The lowest BCUT2D eigenvalue weighted by molar-refractivity contribution is -0.120. The molecular weight excluding hydrogens is 242 g/mol. The number of likely N-dealkylation sites (N-methyl/N-ethyl adjacent to an activating group) is 1. The van der Waals surface area contributed by atoms with Crippen LogP contribution < -0.4 is 14.8 Å². The van der Waals surface area contributed by atoms with Crippen LogP contribution in [0, 0.1) is 0 Å². The number of alkyl halides is 1. The molecule has 94 valence electrons. The lowest BCUT2D eigenvalue weighted by atomic mass is 10.1. The standard InChI is InChI=1S/C12H16ClNO3/c1-4-14-12(15)11(13)9-6-5-8(16-2)7-10(9)17-3/h5-7,11H,4H2,1-3H3,(H,14,15). The molecule has 1 amide bonds. The number of benzene rings is 1. The minimum atomic E-state index is -0.768. The zero-order valence-corrected chi connectivity index (χ0v) is 10.9. The summed E-state index contributed by atoms with van der Waals surface area (Å²) in [4.78, 5) is 11.6. The summed E-state index contributed by atoms with van der Waals surface area (Å²) in [6, 6.07) is 5.17. The van der Waals surface area contributed by atoms with E-state index in [2.05, 4.69) is 5.32 Å². The number of nitrogens with one attached hydrogen (secondary N) is 1. The minimum Gasteiger partial charge on any atom is -0.497 e. The van der Waals surface area contributed by atoms with Gasteiger partial charge in [-0.1, -0.05) is 0 Å². The van der Waals surface area contributed by atoms with Gasteiger partial charge in [-0.25, -0.2) is 0 Å². The quantitative estimate of drug-likeness (QED) is 0.822. The van der Waals surface area contributed by atoms with Crippen molar-refractivity contribution in [1.82, 2.24) is 5.32 Å². The number of rotatable bonds is 5. The Hall–Kier alpha value is -1.42. The molecule has 1 atom stereocenters. The van der Waals surface area contributed by atoms with E-state index in [1.165, 1.54) is 7.11 Å². The summed E-state index contributed by atoms with van der Waals surface area (Å²) < 4.78 is 10.3. The lowest BCUT2D eigenvalue weighted by Gasteiger charge is -2.14. The van der Waals surface area contributed by atoms with Crippen LogP contribution in [-0.4, -0.2) is 26.7 Å². The van der Waals surface area contributed by atoms with Crippen molar-refractivity contribution in [2.24, 2.45) is 0 Å². The summed E-state index contributed by atoms with van der Waals surface area (Å²) in [5, 5.41) is 1.90. The van der Waals surface area contributed by atoms with Gasteiger partial charge in [-0.2, -0.15) is 0 Å². The van der Waals surface area contributed by atoms with Gasteiger partial charge in [0.05, 0.1) is 14.2 Å². The van der Waals surface area contributed by atoms with Crippen molar-refractivity contribution in [2.45, 2.75) is 12.3 Å². The molecule has 0 fully saturated rings. The Balaban J connectivity index is 3.00. The fraction of sp³-hybridized carbons (Fsp3) is 0.417. The number of hydrogen-bond donors (Lipinski definition) is 1. The average Bonchev–Trinajstić information content (AvgIpc) is 2.37. The maximum Gasteiger partial charge on any atom is 0.242 e. The van der Waals surface area contributed by atoms with Crippen molar-refractivity contribution in [2.75, 3.05) is 20.8 Å². The highest BCUT2D eigenvalue weighted by Crippen LogP contribution is 2.32. The molecule has 1 N–H and O–H groups in total. The molecular formula is C12H16ClNO3. The first kappa shape index (κ1) is 13.6. The van der Waals surface area contributed by atoms with Gasteiger partial charge < -0.3 is 14.8 Å². The van der Waals surface area contributed by atoms with Crippen LogP contribution in [0.15, 0.2) is 18.2 Å². The Morgan fingerprint density at radius 3 is 2.65 bits per heavy atom. The molecule has 1 unspecified atom stereocenters. The van der Waals surface area contributed by atoms with Crippen molar-refractivity contribution in [3.05, 3.63) is 23.8 Å². The van der Waals surface area contributed by atoms with Gasteiger partial charge >= 0.3 is 0 Å². The largest absolute Gasteiger partial charge is 0.497 e. The number of amides is 1. The van der Waals surface area contributed by atoms with Crippen LogP contribution in [0.2, 0.25) is 0 Å². The van der Waals surface area contributed by atoms with Gasteiger partial charge in [0.1, 0.15) is 16.9 Å². The Bertz CT molecular complexity index is 395. The number of hydrogen-bond acceptors (Lipinski definition) is 3. The van der Waals surface area contributed by atoms with Crippen LogP contribution in [0.25, 0.3) is 0 Å². The Morgan fingerprint density at radius 2 is 2.12 bits per heavy atom. The third kappa shape index (κ3) is 3.27. The molecule has 0 aromatic heterocycles. The summed E-state index contributed by atoms with van der Waals surface area (Å²) in [5.41, 5.74) is 0.626. The summed E-state index contributed by atoms with van der Waals surface area (Å²) in [7, 11) is 3.09. The monoisotopic (exact) mass is 257 g/mol. The van der Waals surface area contributed by atoms with Gasteiger partial charge in [-0.3, -0.25) is 4.79 Å². The molecule has 0 aliphatic rings.